The van der Waals surface area contributed by atoms with Gasteiger partial charge >= 0.3 is 0 Å². The Morgan fingerprint density at radius 1 is 1.41 bits per heavy atom. The maximum absolute atomic E-state index is 11.6. The van der Waals surface area contributed by atoms with Gasteiger partial charge in [-0.05, 0) is 32.7 Å². The van der Waals surface area contributed by atoms with E-state index in [2.05, 4.69) is 38.4 Å². The van der Waals surface area contributed by atoms with Crippen molar-refractivity contribution in [1.29, 1.82) is 0 Å². The molecule has 1 unspecified atom stereocenters. The van der Waals surface area contributed by atoms with Gasteiger partial charge in [-0.1, -0.05) is 26.6 Å². The molecule has 1 aliphatic heterocycles. The maximum atomic E-state index is 11.6. The van der Waals surface area contributed by atoms with Crippen molar-refractivity contribution >= 4 is 13.9 Å². The molecular weight excluding hydrogens is 226 g/mol. The normalized spacial score (nSPS) is 21.3. The zero-order valence-corrected chi connectivity index (χ0v) is 13.3. The fourth-order valence-corrected chi connectivity index (χ4v) is 4.60. The second kappa shape index (κ2) is 5.38. The molecule has 3 heteroatoms. The van der Waals surface area contributed by atoms with Gasteiger partial charge in [0.05, 0.1) is 0 Å². The minimum atomic E-state index is -1.07. The lowest BCUT2D eigenvalue weighted by molar-refractivity contribution is -0.113. The molecule has 1 heterocycles. The topological polar surface area (TPSA) is 20.3 Å². The SMILES string of the molecule is CCCN1C(C)=C(C(C)=O)CC1C[Si](C)(C)C. The molecule has 0 aromatic carbocycles. The zero-order valence-electron chi connectivity index (χ0n) is 12.3. The van der Waals surface area contributed by atoms with E-state index < -0.39 is 8.07 Å². The number of rotatable bonds is 5. The van der Waals surface area contributed by atoms with Crippen LogP contribution in [-0.4, -0.2) is 31.3 Å². The van der Waals surface area contributed by atoms with Gasteiger partial charge in [0, 0.05) is 31.9 Å². The summed E-state index contributed by atoms with van der Waals surface area (Å²) in [5.41, 5.74) is 2.31. The molecule has 0 amide bonds. The maximum Gasteiger partial charge on any atom is 0.157 e. The van der Waals surface area contributed by atoms with Gasteiger partial charge in [0.2, 0.25) is 0 Å². The van der Waals surface area contributed by atoms with E-state index in [1.54, 1.807) is 6.92 Å². The number of hydrogen-bond donors (Lipinski definition) is 0. The molecule has 0 aliphatic carbocycles. The van der Waals surface area contributed by atoms with E-state index in [1.807, 2.05) is 0 Å². The van der Waals surface area contributed by atoms with Crippen LogP contribution in [-0.2, 0) is 4.79 Å². The Morgan fingerprint density at radius 3 is 2.41 bits per heavy atom. The van der Waals surface area contributed by atoms with Gasteiger partial charge in [0.25, 0.3) is 0 Å². The second-order valence-corrected chi connectivity index (χ2v) is 12.0. The minimum Gasteiger partial charge on any atom is -0.372 e. The molecule has 1 rings (SSSR count). The third-order valence-corrected chi connectivity index (χ3v) is 5.18. The number of carbonyl (C=O) groups excluding carboxylic acids is 1. The lowest BCUT2D eigenvalue weighted by Gasteiger charge is -2.32. The Balaban J connectivity index is 2.86. The van der Waals surface area contributed by atoms with Crippen molar-refractivity contribution in [2.24, 2.45) is 0 Å². The molecule has 2 nitrogen and oxygen atoms in total. The molecule has 1 aliphatic rings. The lowest BCUT2D eigenvalue weighted by atomic mass is 10.1. The van der Waals surface area contributed by atoms with Crippen LogP contribution in [0.2, 0.25) is 25.7 Å². The highest BCUT2D eigenvalue weighted by molar-refractivity contribution is 6.76. The van der Waals surface area contributed by atoms with Crippen LogP contribution in [0.3, 0.4) is 0 Å². The van der Waals surface area contributed by atoms with E-state index in [4.69, 9.17) is 0 Å². The molecule has 0 radical (unpaired) electrons. The van der Waals surface area contributed by atoms with E-state index in [1.165, 1.54) is 11.7 Å². The second-order valence-electron chi connectivity index (χ2n) is 6.44. The summed E-state index contributed by atoms with van der Waals surface area (Å²) in [5, 5.41) is 0. The van der Waals surface area contributed by atoms with Crippen molar-refractivity contribution in [3.05, 3.63) is 11.3 Å². The number of hydrogen-bond acceptors (Lipinski definition) is 2. The molecule has 0 saturated carbocycles. The average molecular weight is 253 g/mol. The molecule has 0 spiro atoms. The van der Waals surface area contributed by atoms with Gasteiger partial charge in [0.15, 0.2) is 5.78 Å². The summed E-state index contributed by atoms with van der Waals surface area (Å²) in [7, 11) is -1.07. The zero-order chi connectivity index (χ0) is 13.2. The predicted octanol–water partition coefficient (Wildman–Crippen LogP) is 3.67. The van der Waals surface area contributed by atoms with Crippen LogP contribution in [0, 0.1) is 0 Å². The van der Waals surface area contributed by atoms with Crippen LogP contribution in [0.15, 0.2) is 11.3 Å². The number of ketones is 1. The molecule has 0 saturated heterocycles. The lowest BCUT2D eigenvalue weighted by Crippen LogP contribution is -2.36. The Kier molecular flexibility index (Phi) is 4.59. The van der Waals surface area contributed by atoms with Crippen molar-refractivity contribution < 1.29 is 4.79 Å². The number of Topliss-reactive ketones (excluding diaryl/α,β-unsaturated/α-hetero) is 1. The molecule has 0 aromatic heterocycles. The number of nitrogens with zero attached hydrogens (tertiary/aromatic N) is 1. The standard InChI is InChI=1S/C14H27NOSi/c1-7-8-15-11(2)14(12(3)16)9-13(15)10-17(4,5)6/h13H,7-10H2,1-6H3. The summed E-state index contributed by atoms with van der Waals surface area (Å²) < 4.78 is 0. The van der Waals surface area contributed by atoms with Crippen LogP contribution in [0.1, 0.15) is 33.6 Å². The highest BCUT2D eigenvalue weighted by Crippen LogP contribution is 2.33. The summed E-state index contributed by atoms with van der Waals surface area (Å²) in [4.78, 5) is 14.1. The number of carbonyl (C=O) groups is 1. The summed E-state index contributed by atoms with van der Waals surface area (Å²) in [6.45, 7) is 14.4. The van der Waals surface area contributed by atoms with Gasteiger partial charge < -0.3 is 4.90 Å². The van der Waals surface area contributed by atoms with Gasteiger partial charge in [0.1, 0.15) is 0 Å². The fraction of sp³-hybridized carbons (Fsp3) is 0.786. The van der Waals surface area contributed by atoms with Crippen LogP contribution in [0.25, 0.3) is 0 Å². The average Bonchev–Trinajstić information content (AvgIpc) is 2.44. The van der Waals surface area contributed by atoms with Gasteiger partial charge in [-0.2, -0.15) is 0 Å². The Labute approximate surface area is 107 Å². The van der Waals surface area contributed by atoms with E-state index in [0.717, 1.165) is 25.0 Å². The van der Waals surface area contributed by atoms with Gasteiger partial charge in [-0.15, -0.1) is 0 Å². The van der Waals surface area contributed by atoms with Crippen molar-refractivity contribution in [2.75, 3.05) is 6.54 Å². The molecule has 0 fully saturated rings. The summed E-state index contributed by atoms with van der Waals surface area (Å²) in [6.07, 6.45) is 2.14. The molecule has 0 N–H and O–H groups in total. The van der Waals surface area contributed by atoms with E-state index in [-0.39, 0.29) is 5.78 Å². The van der Waals surface area contributed by atoms with Crippen LogP contribution < -0.4 is 0 Å². The molecule has 98 valence electrons. The monoisotopic (exact) mass is 253 g/mol. The first-order valence-corrected chi connectivity index (χ1v) is 10.4. The first-order valence-electron chi connectivity index (χ1n) is 6.73. The molecular formula is C14H27NOSi. The van der Waals surface area contributed by atoms with Crippen molar-refractivity contribution in [2.45, 2.75) is 65.3 Å². The van der Waals surface area contributed by atoms with Crippen molar-refractivity contribution in [3.63, 3.8) is 0 Å². The first-order chi connectivity index (χ1) is 7.76. The Morgan fingerprint density at radius 2 is 2.00 bits per heavy atom. The molecule has 0 bridgehead atoms. The summed E-state index contributed by atoms with van der Waals surface area (Å²) >= 11 is 0. The first kappa shape index (κ1) is 14.5. The summed E-state index contributed by atoms with van der Waals surface area (Å²) in [6, 6.07) is 1.88. The minimum absolute atomic E-state index is 0.265. The van der Waals surface area contributed by atoms with Crippen LogP contribution in [0.4, 0.5) is 0 Å². The van der Waals surface area contributed by atoms with E-state index >= 15 is 0 Å². The third-order valence-electron chi connectivity index (χ3n) is 3.49. The Bertz CT molecular complexity index is 328. The van der Waals surface area contributed by atoms with E-state index in [9.17, 15) is 4.79 Å². The predicted molar refractivity (Wildman–Crippen MR) is 76.9 cm³/mol. The van der Waals surface area contributed by atoms with E-state index in [0.29, 0.717) is 6.04 Å². The Hall–Kier alpha value is -0.573. The van der Waals surface area contributed by atoms with Crippen LogP contribution in [0.5, 0.6) is 0 Å². The van der Waals surface area contributed by atoms with Crippen LogP contribution >= 0.6 is 0 Å². The largest absolute Gasteiger partial charge is 0.372 e. The molecule has 17 heavy (non-hydrogen) atoms. The molecule has 1 atom stereocenters. The smallest absolute Gasteiger partial charge is 0.157 e. The fourth-order valence-electron chi connectivity index (χ4n) is 2.82. The number of allylic oxidation sites excluding steroid dienone is 1. The van der Waals surface area contributed by atoms with Crippen molar-refractivity contribution in [3.8, 4) is 0 Å². The highest BCUT2D eigenvalue weighted by Gasteiger charge is 2.33. The quantitative estimate of drug-likeness (QED) is 0.697. The van der Waals surface area contributed by atoms with Crippen molar-refractivity contribution in [1.82, 2.24) is 4.90 Å². The van der Waals surface area contributed by atoms with Gasteiger partial charge in [-0.25, -0.2) is 0 Å². The van der Waals surface area contributed by atoms with Gasteiger partial charge in [-0.3, -0.25) is 4.79 Å². The highest BCUT2D eigenvalue weighted by atomic mass is 28.3. The summed E-state index contributed by atoms with van der Waals surface area (Å²) in [5.74, 6) is 0.265. The molecule has 0 aromatic rings. The third kappa shape index (κ3) is 3.70.